The maximum absolute atomic E-state index is 14.2. The third-order valence-corrected chi connectivity index (χ3v) is 9.30. The van der Waals surface area contributed by atoms with Crippen LogP contribution in [0.25, 0.3) is 0 Å². The molecule has 0 aromatic heterocycles. The Balaban J connectivity index is 2.11. The monoisotopic (exact) mass is 636 g/mol. The number of hydrogen-bond donors (Lipinski definition) is 1. The van der Waals surface area contributed by atoms with Crippen molar-refractivity contribution >= 4 is 50.9 Å². The highest BCUT2D eigenvalue weighted by Crippen LogP contribution is 2.26. The van der Waals surface area contributed by atoms with E-state index in [0.29, 0.717) is 17.0 Å². The van der Waals surface area contributed by atoms with E-state index in [-0.39, 0.29) is 35.6 Å². The van der Waals surface area contributed by atoms with Gasteiger partial charge in [-0.1, -0.05) is 66.5 Å². The number of nitrogens with zero attached hydrogens (tertiary/aromatic N) is 3. The predicted octanol–water partition coefficient (Wildman–Crippen LogP) is 5.30. The molecule has 0 aliphatic heterocycles. The van der Waals surface area contributed by atoms with Crippen molar-refractivity contribution in [2.75, 3.05) is 24.9 Å². The van der Waals surface area contributed by atoms with Gasteiger partial charge in [-0.3, -0.25) is 9.59 Å². The lowest BCUT2D eigenvalue weighted by Crippen LogP contribution is -2.55. The van der Waals surface area contributed by atoms with Crippen molar-refractivity contribution in [3.63, 3.8) is 0 Å². The summed E-state index contributed by atoms with van der Waals surface area (Å²) in [6.45, 7) is 3.10. The van der Waals surface area contributed by atoms with Gasteiger partial charge in [0, 0.05) is 33.1 Å². The van der Waals surface area contributed by atoms with Crippen molar-refractivity contribution in [2.24, 2.45) is 0 Å². The maximum atomic E-state index is 14.2. The third kappa shape index (κ3) is 8.67. The fraction of sp³-hybridized carbons (Fsp3) is 0.333. The molecule has 3 aromatic rings. The molecular formula is C30H35Cl2FN4O4S. The Morgan fingerprint density at radius 3 is 2.14 bits per heavy atom. The highest BCUT2D eigenvalue weighted by atomic mass is 35.5. The van der Waals surface area contributed by atoms with Crippen molar-refractivity contribution in [1.29, 1.82) is 0 Å². The molecule has 0 aliphatic rings. The molecule has 2 amide bonds. The van der Waals surface area contributed by atoms with E-state index in [1.807, 2.05) is 44.2 Å². The van der Waals surface area contributed by atoms with Gasteiger partial charge >= 0.3 is 10.2 Å². The zero-order valence-corrected chi connectivity index (χ0v) is 26.3. The van der Waals surface area contributed by atoms with Gasteiger partial charge in [-0.05, 0) is 60.9 Å². The molecule has 2 atom stereocenters. The van der Waals surface area contributed by atoms with Gasteiger partial charge in [-0.15, -0.1) is 0 Å². The Labute approximate surface area is 257 Å². The first-order chi connectivity index (χ1) is 19.8. The molecule has 0 spiro atoms. The molecule has 0 radical (unpaired) electrons. The highest BCUT2D eigenvalue weighted by Gasteiger charge is 2.35. The fourth-order valence-electron chi connectivity index (χ4n) is 4.15. The molecule has 0 saturated carbocycles. The van der Waals surface area contributed by atoms with Crippen LogP contribution in [-0.2, 0) is 32.8 Å². The Morgan fingerprint density at radius 1 is 0.929 bits per heavy atom. The lowest BCUT2D eigenvalue weighted by molar-refractivity contribution is -0.140. The van der Waals surface area contributed by atoms with E-state index in [9.17, 15) is 22.4 Å². The Hall–Kier alpha value is -3.18. The van der Waals surface area contributed by atoms with E-state index in [1.165, 1.54) is 31.1 Å². The van der Waals surface area contributed by atoms with Crippen LogP contribution >= 0.6 is 23.2 Å². The van der Waals surface area contributed by atoms with E-state index in [2.05, 4.69) is 5.32 Å². The minimum atomic E-state index is -4.19. The summed E-state index contributed by atoms with van der Waals surface area (Å²) in [5.41, 5.74) is 1.50. The molecule has 42 heavy (non-hydrogen) atoms. The molecule has 0 fully saturated rings. The molecule has 0 saturated heterocycles. The summed E-state index contributed by atoms with van der Waals surface area (Å²) in [7, 11) is -1.52. The van der Waals surface area contributed by atoms with Crippen LogP contribution in [0.15, 0.2) is 72.8 Å². The number of amides is 2. The van der Waals surface area contributed by atoms with E-state index < -0.39 is 34.5 Å². The summed E-state index contributed by atoms with van der Waals surface area (Å²) < 4.78 is 42.3. The summed E-state index contributed by atoms with van der Waals surface area (Å²) in [6.07, 6.45) is 0.844. The average molecular weight is 638 g/mol. The van der Waals surface area contributed by atoms with Crippen LogP contribution in [0.2, 0.25) is 10.0 Å². The Bertz CT molecular complexity index is 1470. The zero-order valence-electron chi connectivity index (χ0n) is 23.9. The predicted molar refractivity (Wildman–Crippen MR) is 165 cm³/mol. The van der Waals surface area contributed by atoms with Crippen LogP contribution in [-0.4, -0.2) is 62.2 Å². The smallest absolute Gasteiger partial charge is 0.304 e. The number of rotatable bonds is 13. The minimum Gasteiger partial charge on any atom is -0.352 e. The molecular weight excluding hydrogens is 602 g/mol. The van der Waals surface area contributed by atoms with E-state index >= 15 is 0 Å². The van der Waals surface area contributed by atoms with Gasteiger partial charge in [0.1, 0.15) is 18.4 Å². The summed E-state index contributed by atoms with van der Waals surface area (Å²) in [6, 6.07) is 17.7. The summed E-state index contributed by atoms with van der Waals surface area (Å²) in [4.78, 5) is 29.3. The number of nitrogens with one attached hydrogen (secondary N) is 1. The van der Waals surface area contributed by atoms with Gasteiger partial charge in [-0.2, -0.15) is 12.7 Å². The first-order valence-corrected chi connectivity index (χ1v) is 15.5. The van der Waals surface area contributed by atoms with Gasteiger partial charge in [0.2, 0.25) is 11.8 Å². The first-order valence-electron chi connectivity index (χ1n) is 13.4. The van der Waals surface area contributed by atoms with Crippen molar-refractivity contribution in [3.8, 4) is 0 Å². The lowest BCUT2D eigenvalue weighted by Gasteiger charge is -2.35. The van der Waals surface area contributed by atoms with Gasteiger partial charge < -0.3 is 10.2 Å². The van der Waals surface area contributed by atoms with E-state index in [4.69, 9.17) is 23.2 Å². The quantitative estimate of drug-likeness (QED) is 0.276. The van der Waals surface area contributed by atoms with Gasteiger partial charge in [0.05, 0.1) is 15.7 Å². The second kappa shape index (κ2) is 14.8. The zero-order chi connectivity index (χ0) is 31.0. The molecule has 12 heteroatoms. The number of halogens is 3. The van der Waals surface area contributed by atoms with Crippen molar-refractivity contribution in [3.05, 3.63) is 99.8 Å². The second-order valence-electron chi connectivity index (χ2n) is 10.1. The minimum absolute atomic E-state index is 0.0551. The first kappa shape index (κ1) is 33.3. The number of carbonyl (C=O) groups excluding carboxylic acids is 2. The molecule has 8 nitrogen and oxygen atoms in total. The molecule has 0 heterocycles. The van der Waals surface area contributed by atoms with Crippen LogP contribution in [0.4, 0.5) is 10.1 Å². The average Bonchev–Trinajstić information content (AvgIpc) is 2.96. The van der Waals surface area contributed by atoms with Gasteiger partial charge in [0.25, 0.3) is 0 Å². The van der Waals surface area contributed by atoms with Crippen molar-refractivity contribution < 1.29 is 22.4 Å². The van der Waals surface area contributed by atoms with Crippen LogP contribution in [0.1, 0.15) is 31.4 Å². The largest absolute Gasteiger partial charge is 0.352 e. The lowest BCUT2D eigenvalue weighted by atomic mass is 10.0. The summed E-state index contributed by atoms with van der Waals surface area (Å²) in [5.74, 6) is -1.58. The number of anilines is 1. The molecule has 0 aliphatic carbocycles. The van der Waals surface area contributed by atoms with Crippen LogP contribution in [0.5, 0.6) is 0 Å². The Kier molecular flexibility index (Phi) is 11.8. The summed E-state index contributed by atoms with van der Waals surface area (Å²) >= 11 is 12.4. The van der Waals surface area contributed by atoms with Crippen LogP contribution in [0, 0.1) is 5.82 Å². The maximum Gasteiger partial charge on any atom is 0.304 e. The fourth-order valence-corrected chi connectivity index (χ4v) is 5.53. The normalized spacial score (nSPS) is 13.0. The van der Waals surface area contributed by atoms with Crippen molar-refractivity contribution in [1.82, 2.24) is 14.5 Å². The standard InChI is InChI=1S/C30H35Cl2FN4O4S/c1-5-21(2)34-30(39)28(18-22-9-7-6-8-10-22)36(19-23-11-16-26(31)27(32)17-23)29(38)20-37(42(40,41)35(3)4)25-14-12-24(33)13-15-25/h6-17,21,28H,5,18-20H2,1-4H3,(H,34,39)/t21-,28-/m1/s1. The molecule has 1 N–H and O–H groups in total. The molecule has 3 aromatic carbocycles. The summed E-state index contributed by atoms with van der Waals surface area (Å²) in [5, 5.41) is 3.57. The number of benzene rings is 3. The highest BCUT2D eigenvalue weighted by molar-refractivity contribution is 7.90. The molecule has 0 bridgehead atoms. The molecule has 0 unspecified atom stereocenters. The van der Waals surface area contributed by atoms with Gasteiger partial charge in [0.15, 0.2) is 0 Å². The van der Waals surface area contributed by atoms with E-state index in [1.54, 1.807) is 18.2 Å². The third-order valence-electron chi connectivity index (χ3n) is 6.74. The SMILES string of the molecule is CC[C@@H](C)NC(=O)[C@@H](Cc1ccccc1)N(Cc1ccc(Cl)c(Cl)c1)C(=O)CN(c1ccc(F)cc1)S(=O)(=O)N(C)C. The van der Waals surface area contributed by atoms with Crippen LogP contribution in [0.3, 0.4) is 0 Å². The van der Waals surface area contributed by atoms with Crippen molar-refractivity contribution in [2.45, 2.75) is 45.3 Å². The number of hydrogen-bond acceptors (Lipinski definition) is 4. The van der Waals surface area contributed by atoms with Gasteiger partial charge in [-0.25, -0.2) is 8.70 Å². The second-order valence-corrected chi connectivity index (χ2v) is 12.9. The van der Waals surface area contributed by atoms with Crippen LogP contribution < -0.4 is 9.62 Å². The molecule has 3 rings (SSSR count). The number of carbonyl (C=O) groups is 2. The van der Waals surface area contributed by atoms with E-state index in [0.717, 1.165) is 26.3 Å². The Morgan fingerprint density at radius 2 is 1.57 bits per heavy atom. The topological polar surface area (TPSA) is 90.0 Å². The molecule has 226 valence electrons.